The number of benzene rings is 1. The van der Waals surface area contributed by atoms with Crippen molar-refractivity contribution in [1.29, 1.82) is 0 Å². The molecule has 2 rings (SSSR count). The summed E-state index contributed by atoms with van der Waals surface area (Å²) in [7, 11) is 0. The summed E-state index contributed by atoms with van der Waals surface area (Å²) in [5.74, 6) is 0.524. The van der Waals surface area contributed by atoms with Crippen molar-refractivity contribution in [1.82, 2.24) is 0 Å². The fraction of sp³-hybridized carbons (Fsp3) is 0.500. The highest BCUT2D eigenvalue weighted by Gasteiger charge is 2.35. The SMILES string of the molecule is Cl.N[C@H](CC1CC1)c1ccccc1C(F)(F)F. The maximum Gasteiger partial charge on any atom is 0.416 e. The molecule has 0 radical (unpaired) electrons. The zero-order valence-electron chi connectivity index (χ0n) is 9.20. The van der Waals surface area contributed by atoms with Gasteiger partial charge in [0.05, 0.1) is 5.56 Å². The predicted octanol–water partition coefficient (Wildman–Crippen LogP) is 3.93. The van der Waals surface area contributed by atoms with Crippen LogP contribution in [0.15, 0.2) is 24.3 Å². The molecule has 1 aromatic carbocycles. The molecule has 1 atom stereocenters. The monoisotopic (exact) mass is 265 g/mol. The highest BCUT2D eigenvalue weighted by Crippen LogP contribution is 2.40. The van der Waals surface area contributed by atoms with Crippen LogP contribution < -0.4 is 5.73 Å². The van der Waals surface area contributed by atoms with Gasteiger partial charge in [0.2, 0.25) is 0 Å². The van der Waals surface area contributed by atoms with Crippen LogP contribution in [-0.2, 0) is 6.18 Å². The Balaban J connectivity index is 0.00000144. The van der Waals surface area contributed by atoms with Crippen LogP contribution in [0.3, 0.4) is 0 Å². The summed E-state index contributed by atoms with van der Waals surface area (Å²) in [6, 6.07) is 5.09. The van der Waals surface area contributed by atoms with Crippen LogP contribution >= 0.6 is 12.4 Å². The molecule has 1 saturated carbocycles. The summed E-state index contributed by atoms with van der Waals surface area (Å²) in [5, 5.41) is 0. The first-order valence-electron chi connectivity index (χ1n) is 5.40. The second-order valence-corrected chi connectivity index (χ2v) is 4.37. The molecule has 0 bridgehead atoms. The molecular formula is C12H15ClF3N. The first kappa shape index (κ1) is 14.3. The lowest BCUT2D eigenvalue weighted by Gasteiger charge is -2.17. The van der Waals surface area contributed by atoms with E-state index in [0.717, 1.165) is 18.9 Å². The molecule has 96 valence electrons. The van der Waals surface area contributed by atoms with Gasteiger partial charge in [-0.25, -0.2) is 0 Å². The van der Waals surface area contributed by atoms with Crippen molar-refractivity contribution < 1.29 is 13.2 Å². The van der Waals surface area contributed by atoms with Crippen molar-refractivity contribution in [2.24, 2.45) is 11.7 Å². The molecular weight excluding hydrogens is 251 g/mol. The lowest BCUT2D eigenvalue weighted by molar-refractivity contribution is -0.138. The van der Waals surface area contributed by atoms with Crippen LogP contribution in [0.4, 0.5) is 13.2 Å². The molecule has 0 aliphatic heterocycles. The fourth-order valence-electron chi connectivity index (χ4n) is 1.92. The summed E-state index contributed by atoms with van der Waals surface area (Å²) in [5.41, 5.74) is 5.46. The number of halogens is 4. The largest absolute Gasteiger partial charge is 0.416 e. The van der Waals surface area contributed by atoms with Crippen molar-refractivity contribution >= 4 is 12.4 Å². The fourth-order valence-corrected chi connectivity index (χ4v) is 1.92. The van der Waals surface area contributed by atoms with Crippen molar-refractivity contribution in [2.45, 2.75) is 31.5 Å². The quantitative estimate of drug-likeness (QED) is 0.881. The average molecular weight is 266 g/mol. The molecule has 5 heteroatoms. The van der Waals surface area contributed by atoms with E-state index in [1.165, 1.54) is 12.1 Å². The third-order valence-electron chi connectivity index (χ3n) is 2.95. The molecule has 1 fully saturated rings. The summed E-state index contributed by atoms with van der Waals surface area (Å²) in [4.78, 5) is 0. The minimum atomic E-state index is -4.31. The zero-order valence-corrected chi connectivity index (χ0v) is 10.0. The third kappa shape index (κ3) is 3.61. The first-order valence-corrected chi connectivity index (χ1v) is 5.40. The minimum Gasteiger partial charge on any atom is -0.324 e. The Kier molecular flexibility index (Phi) is 4.44. The number of hydrogen-bond donors (Lipinski definition) is 1. The molecule has 1 aromatic rings. The third-order valence-corrected chi connectivity index (χ3v) is 2.95. The topological polar surface area (TPSA) is 26.0 Å². The van der Waals surface area contributed by atoms with Gasteiger partial charge in [-0.15, -0.1) is 12.4 Å². The van der Waals surface area contributed by atoms with Crippen molar-refractivity contribution in [3.63, 3.8) is 0 Å². The Morgan fingerprint density at radius 2 is 1.82 bits per heavy atom. The molecule has 0 spiro atoms. The van der Waals surface area contributed by atoms with Gasteiger partial charge in [0.1, 0.15) is 0 Å². The lowest BCUT2D eigenvalue weighted by Crippen LogP contribution is -2.17. The van der Waals surface area contributed by atoms with E-state index in [1.807, 2.05) is 0 Å². The molecule has 0 heterocycles. The van der Waals surface area contributed by atoms with Crippen LogP contribution in [0.2, 0.25) is 0 Å². The molecule has 1 aliphatic carbocycles. The molecule has 1 nitrogen and oxygen atoms in total. The van der Waals surface area contributed by atoms with Gasteiger partial charge in [-0.1, -0.05) is 31.0 Å². The maximum absolute atomic E-state index is 12.7. The average Bonchev–Trinajstić information content (AvgIpc) is 3.00. The number of nitrogens with two attached hydrogens (primary N) is 1. The molecule has 0 saturated heterocycles. The Bertz CT molecular complexity index is 374. The Labute approximate surface area is 105 Å². The normalized spacial score (nSPS) is 17.4. The Hall–Kier alpha value is -0.740. The molecule has 1 aliphatic rings. The van der Waals surface area contributed by atoms with Gasteiger partial charge in [-0.05, 0) is 24.0 Å². The lowest BCUT2D eigenvalue weighted by atomic mass is 9.96. The van der Waals surface area contributed by atoms with E-state index in [0.29, 0.717) is 12.3 Å². The standard InChI is InChI=1S/C12H14F3N.ClH/c13-12(14,15)10-4-2-1-3-9(10)11(16)7-8-5-6-8;/h1-4,8,11H,5-7,16H2;1H/t11-;/m1./s1. The summed E-state index contributed by atoms with van der Waals surface area (Å²) < 4.78 is 38.1. The predicted molar refractivity (Wildman–Crippen MR) is 63.0 cm³/mol. The smallest absolute Gasteiger partial charge is 0.324 e. The van der Waals surface area contributed by atoms with Crippen molar-refractivity contribution in [2.75, 3.05) is 0 Å². The van der Waals surface area contributed by atoms with Crippen LogP contribution in [0.1, 0.15) is 36.4 Å². The van der Waals surface area contributed by atoms with Crippen LogP contribution in [0, 0.1) is 5.92 Å². The van der Waals surface area contributed by atoms with E-state index >= 15 is 0 Å². The zero-order chi connectivity index (χ0) is 11.8. The van der Waals surface area contributed by atoms with Crippen LogP contribution in [-0.4, -0.2) is 0 Å². The van der Waals surface area contributed by atoms with Gasteiger partial charge in [-0.3, -0.25) is 0 Å². The van der Waals surface area contributed by atoms with E-state index in [1.54, 1.807) is 6.07 Å². The van der Waals surface area contributed by atoms with Gasteiger partial charge in [0, 0.05) is 6.04 Å². The van der Waals surface area contributed by atoms with Gasteiger partial charge in [0.15, 0.2) is 0 Å². The number of alkyl halides is 3. The van der Waals surface area contributed by atoms with Gasteiger partial charge in [0.25, 0.3) is 0 Å². The Morgan fingerprint density at radius 1 is 1.24 bits per heavy atom. The second-order valence-electron chi connectivity index (χ2n) is 4.37. The second kappa shape index (κ2) is 5.27. The van der Waals surface area contributed by atoms with Crippen LogP contribution in [0.25, 0.3) is 0 Å². The summed E-state index contributed by atoms with van der Waals surface area (Å²) >= 11 is 0. The van der Waals surface area contributed by atoms with E-state index in [-0.39, 0.29) is 18.0 Å². The molecule has 0 amide bonds. The van der Waals surface area contributed by atoms with Gasteiger partial charge in [-0.2, -0.15) is 13.2 Å². The van der Waals surface area contributed by atoms with E-state index in [2.05, 4.69) is 0 Å². The van der Waals surface area contributed by atoms with Gasteiger partial charge < -0.3 is 5.73 Å². The van der Waals surface area contributed by atoms with Crippen LogP contribution in [0.5, 0.6) is 0 Å². The number of rotatable bonds is 3. The molecule has 2 N–H and O–H groups in total. The molecule has 0 aromatic heterocycles. The summed E-state index contributed by atoms with van der Waals surface area (Å²) in [6.45, 7) is 0. The minimum absolute atomic E-state index is 0. The van der Waals surface area contributed by atoms with E-state index in [4.69, 9.17) is 5.73 Å². The van der Waals surface area contributed by atoms with Crippen molar-refractivity contribution in [3.8, 4) is 0 Å². The summed E-state index contributed by atoms with van der Waals surface area (Å²) in [6.07, 6.45) is -1.45. The van der Waals surface area contributed by atoms with Gasteiger partial charge >= 0.3 is 6.18 Å². The highest BCUT2D eigenvalue weighted by atomic mass is 35.5. The maximum atomic E-state index is 12.7. The highest BCUT2D eigenvalue weighted by molar-refractivity contribution is 5.85. The molecule has 0 unspecified atom stereocenters. The van der Waals surface area contributed by atoms with Crippen molar-refractivity contribution in [3.05, 3.63) is 35.4 Å². The number of hydrogen-bond acceptors (Lipinski definition) is 1. The molecule has 17 heavy (non-hydrogen) atoms. The van der Waals surface area contributed by atoms with E-state index in [9.17, 15) is 13.2 Å². The van der Waals surface area contributed by atoms with E-state index < -0.39 is 17.8 Å². The first-order chi connectivity index (χ1) is 7.48. The Morgan fingerprint density at radius 3 is 2.35 bits per heavy atom.